The summed E-state index contributed by atoms with van der Waals surface area (Å²) in [5, 5.41) is 0. The SMILES string of the molecule is COc1cccc(N2CCN(C3Cc4ccccc4C3)CC2)c1. The molecule has 0 atom stereocenters. The summed E-state index contributed by atoms with van der Waals surface area (Å²) in [5.74, 6) is 0.941. The van der Waals surface area contributed by atoms with E-state index in [1.165, 1.54) is 18.5 Å². The number of anilines is 1. The third-order valence-electron chi connectivity index (χ3n) is 5.28. The van der Waals surface area contributed by atoms with E-state index in [1.54, 1.807) is 18.2 Å². The Morgan fingerprint density at radius 3 is 2.22 bits per heavy atom. The molecule has 3 heteroatoms. The van der Waals surface area contributed by atoms with E-state index in [-0.39, 0.29) is 0 Å². The minimum absolute atomic E-state index is 0.694. The zero-order valence-corrected chi connectivity index (χ0v) is 13.7. The molecule has 2 aliphatic rings. The zero-order chi connectivity index (χ0) is 15.6. The summed E-state index contributed by atoms with van der Waals surface area (Å²) >= 11 is 0. The van der Waals surface area contributed by atoms with Gasteiger partial charge in [-0.1, -0.05) is 30.3 Å². The molecule has 0 bridgehead atoms. The van der Waals surface area contributed by atoms with Crippen LogP contribution in [0.25, 0.3) is 0 Å². The highest BCUT2D eigenvalue weighted by Gasteiger charge is 2.29. The number of benzene rings is 2. The van der Waals surface area contributed by atoms with Crippen molar-refractivity contribution in [2.24, 2.45) is 0 Å². The number of ether oxygens (including phenoxy) is 1. The molecule has 1 saturated heterocycles. The standard InChI is InChI=1S/C20H24N2O/c1-23-20-8-4-7-18(15-20)21-9-11-22(12-10-21)19-13-16-5-2-3-6-17(16)14-19/h2-8,15,19H,9-14H2,1H3. The molecular formula is C20H24N2O. The molecule has 2 aromatic rings. The summed E-state index contributed by atoms with van der Waals surface area (Å²) in [6, 6.07) is 18.0. The van der Waals surface area contributed by atoms with E-state index in [0.29, 0.717) is 6.04 Å². The Morgan fingerprint density at radius 2 is 1.57 bits per heavy atom. The van der Waals surface area contributed by atoms with Crippen LogP contribution in [0.15, 0.2) is 48.5 Å². The highest BCUT2D eigenvalue weighted by molar-refractivity contribution is 5.51. The van der Waals surface area contributed by atoms with Crippen molar-refractivity contribution in [3.63, 3.8) is 0 Å². The molecule has 0 saturated carbocycles. The van der Waals surface area contributed by atoms with Crippen molar-refractivity contribution in [2.75, 3.05) is 38.2 Å². The van der Waals surface area contributed by atoms with Gasteiger partial charge in [-0.15, -0.1) is 0 Å². The summed E-state index contributed by atoms with van der Waals surface area (Å²) in [7, 11) is 1.73. The highest BCUT2D eigenvalue weighted by atomic mass is 16.5. The van der Waals surface area contributed by atoms with Gasteiger partial charge in [0.25, 0.3) is 0 Å². The van der Waals surface area contributed by atoms with Gasteiger partial charge in [-0.25, -0.2) is 0 Å². The molecule has 0 unspecified atom stereocenters. The van der Waals surface area contributed by atoms with Crippen molar-refractivity contribution in [2.45, 2.75) is 18.9 Å². The summed E-state index contributed by atoms with van der Waals surface area (Å²) in [6.45, 7) is 4.49. The van der Waals surface area contributed by atoms with Crippen LogP contribution >= 0.6 is 0 Å². The number of methoxy groups -OCH3 is 1. The summed E-state index contributed by atoms with van der Waals surface area (Å²) in [6.07, 6.45) is 2.44. The number of nitrogens with zero attached hydrogens (tertiary/aromatic N) is 2. The Morgan fingerprint density at radius 1 is 0.870 bits per heavy atom. The van der Waals surface area contributed by atoms with E-state index in [1.807, 2.05) is 6.07 Å². The lowest BCUT2D eigenvalue weighted by Gasteiger charge is -2.39. The van der Waals surface area contributed by atoms with Crippen LogP contribution in [0.4, 0.5) is 5.69 Å². The van der Waals surface area contributed by atoms with Gasteiger partial charge in [-0.05, 0) is 36.1 Å². The smallest absolute Gasteiger partial charge is 0.120 e. The Bertz CT molecular complexity index is 652. The maximum Gasteiger partial charge on any atom is 0.120 e. The van der Waals surface area contributed by atoms with Gasteiger partial charge in [0.1, 0.15) is 5.75 Å². The van der Waals surface area contributed by atoms with E-state index in [2.05, 4.69) is 52.3 Å². The fourth-order valence-electron chi connectivity index (χ4n) is 3.95. The first-order chi connectivity index (χ1) is 11.3. The molecule has 0 aromatic heterocycles. The molecule has 23 heavy (non-hydrogen) atoms. The van der Waals surface area contributed by atoms with Gasteiger partial charge >= 0.3 is 0 Å². The van der Waals surface area contributed by atoms with Gasteiger partial charge in [0.2, 0.25) is 0 Å². The van der Waals surface area contributed by atoms with Crippen LogP contribution in [0, 0.1) is 0 Å². The molecule has 1 fully saturated rings. The van der Waals surface area contributed by atoms with Crippen LogP contribution in [-0.2, 0) is 12.8 Å². The molecule has 1 heterocycles. The Balaban J connectivity index is 1.38. The minimum atomic E-state index is 0.694. The van der Waals surface area contributed by atoms with E-state index in [4.69, 9.17) is 4.74 Å². The van der Waals surface area contributed by atoms with Crippen LogP contribution in [0.2, 0.25) is 0 Å². The second-order valence-corrected chi connectivity index (χ2v) is 6.56. The lowest BCUT2D eigenvalue weighted by molar-refractivity contribution is 0.190. The molecule has 0 spiro atoms. The van der Waals surface area contributed by atoms with Crippen LogP contribution in [0.1, 0.15) is 11.1 Å². The minimum Gasteiger partial charge on any atom is -0.497 e. The van der Waals surface area contributed by atoms with Gasteiger partial charge in [0, 0.05) is 44.0 Å². The maximum absolute atomic E-state index is 5.35. The summed E-state index contributed by atoms with van der Waals surface area (Å²) in [4.78, 5) is 5.15. The van der Waals surface area contributed by atoms with Crippen molar-refractivity contribution >= 4 is 5.69 Å². The van der Waals surface area contributed by atoms with Crippen molar-refractivity contribution < 1.29 is 4.74 Å². The molecule has 0 N–H and O–H groups in total. The second-order valence-electron chi connectivity index (χ2n) is 6.56. The first kappa shape index (κ1) is 14.6. The summed E-state index contributed by atoms with van der Waals surface area (Å²) in [5.41, 5.74) is 4.37. The van der Waals surface area contributed by atoms with Crippen LogP contribution in [0.3, 0.4) is 0 Å². The zero-order valence-electron chi connectivity index (χ0n) is 13.7. The molecule has 3 nitrogen and oxygen atoms in total. The Hall–Kier alpha value is -2.00. The predicted molar refractivity (Wildman–Crippen MR) is 94.4 cm³/mol. The lowest BCUT2D eigenvalue weighted by atomic mass is 10.1. The average Bonchev–Trinajstić information content (AvgIpc) is 3.06. The molecule has 2 aromatic carbocycles. The molecular weight excluding hydrogens is 284 g/mol. The quantitative estimate of drug-likeness (QED) is 0.867. The monoisotopic (exact) mass is 308 g/mol. The Labute approximate surface area is 138 Å². The molecule has 0 radical (unpaired) electrons. The largest absolute Gasteiger partial charge is 0.497 e. The topological polar surface area (TPSA) is 15.7 Å². The molecule has 0 amide bonds. The number of piperazine rings is 1. The van der Waals surface area contributed by atoms with Gasteiger partial charge in [0.15, 0.2) is 0 Å². The number of hydrogen-bond acceptors (Lipinski definition) is 3. The van der Waals surface area contributed by atoms with Crippen molar-refractivity contribution in [3.05, 3.63) is 59.7 Å². The molecule has 1 aliphatic carbocycles. The van der Waals surface area contributed by atoms with E-state index < -0.39 is 0 Å². The van der Waals surface area contributed by atoms with E-state index in [0.717, 1.165) is 31.9 Å². The van der Waals surface area contributed by atoms with Gasteiger partial charge in [-0.3, -0.25) is 4.90 Å². The number of rotatable bonds is 3. The van der Waals surface area contributed by atoms with Gasteiger partial charge < -0.3 is 9.64 Å². The fourth-order valence-corrected chi connectivity index (χ4v) is 3.95. The van der Waals surface area contributed by atoms with Crippen molar-refractivity contribution in [1.29, 1.82) is 0 Å². The van der Waals surface area contributed by atoms with Crippen LogP contribution in [0.5, 0.6) is 5.75 Å². The molecule has 4 rings (SSSR count). The van der Waals surface area contributed by atoms with Crippen LogP contribution in [-0.4, -0.2) is 44.2 Å². The predicted octanol–water partition coefficient (Wildman–Crippen LogP) is 2.98. The van der Waals surface area contributed by atoms with Crippen LogP contribution < -0.4 is 9.64 Å². The molecule has 1 aliphatic heterocycles. The van der Waals surface area contributed by atoms with Crippen molar-refractivity contribution in [1.82, 2.24) is 4.90 Å². The molecule has 120 valence electrons. The second kappa shape index (κ2) is 6.25. The Kier molecular flexibility index (Phi) is 3.96. The van der Waals surface area contributed by atoms with Crippen molar-refractivity contribution in [3.8, 4) is 5.75 Å². The lowest BCUT2D eigenvalue weighted by Crippen LogP contribution is -2.50. The van der Waals surface area contributed by atoms with E-state index in [9.17, 15) is 0 Å². The first-order valence-electron chi connectivity index (χ1n) is 8.53. The third-order valence-corrected chi connectivity index (χ3v) is 5.28. The number of fused-ring (bicyclic) bond motifs is 1. The summed E-state index contributed by atoms with van der Waals surface area (Å²) < 4.78 is 5.35. The van der Waals surface area contributed by atoms with E-state index >= 15 is 0 Å². The van der Waals surface area contributed by atoms with Gasteiger partial charge in [0.05, 0.1) is 7.11 Å². The number of hydrogen-bond donors (Lipinski definition) is 0. The van der Waals surface area contributed by atoms with Gasteiger partial charge in [-0.2, -0.15) is 0 Å². The fraction of sp³-hybridized carbons (Fsp3) is 0.400. The average molecular weight is 308 g/mol. The first-order valence-corrected chi connectivity index (χ1v) is 8.53. The normalized spacial score (nSPS) is 18.9. The maximum atomic E-state index is 5.35. The highest BCUT2D eigenvalue weighted by Crippen LogP contribution is 2.27. The third kappa shape index (κ3) is 2.93.